The molecule has 1 aromatic carbocycles. The predicted molar refractivity (Wildman–Crippen MR) is 80.9 cm³/mol. The van der Waals surface area contributed by atoms with Crippen LogP contribution in [0.3, 0.4) is 0 Å². The lowest BCUT2D eigenvalue weighted by molar-refractivity contribution is 0.288. The summed E-state index contributed by atoms with van der Waals surface area (Å²) in [5, 5.41) is 3.31. The number of pyridine rings is 1. The molecule has 0 fully saturated rings. The molecule has 0 saturated heterocycles. The number of ether oxygens (including phenoxy) is 1. The molecule has 0 spiro atoms. The molecule has 4 rings (SSSR count). The summed E-state index contributed by atoms with van der Waals surface area (Å²) in [5.41, 5.74) is 3.69. The maximum absolute atomic E-state index is 5.62. The zero-order valence-electron chi connectivity index (χ0n) is 11.4. The predicted octanol–water partition coefficient (Wildman–Crippen LogP) is 3.09. The minimum atomic E-state index is 0.642. The highest BCUT2D eigenvalue weighted by Crippen LogP contribution is 2.28. The third-order valence-corrected chi connectivity index (χ3v) is 3.51. The molecule has 0 radical (unpaired) electrons. The van der Waals surface area contributed by atoms with Gasteiger partial charge in [0.1, 0.15) is 17.1 Å². The minimum absolute atomic E-state index is 0.642. The summed E-state index contributed by atoms with van der Waals surface area (Å²) < 4.78 is 5.62. The van der Waals surface area contributed by atoms with Gasteiger partial charge in [0.05, 0.1) is 6.61 Å². The highest BCUT2D eigenvalue weighted by Gasteiger charge is 2.10. The van der Waals surface area contributed by atoms with Crippen LogP contribution in [0.4, 0.5) is 11.5 Å². The van der Waals surface area contributed by atoms with E-state index in [9.17, 15) is 0 Å². The zero-order chi connectivity index (χ0) is 14.1. The Morgan fingerprint density at radius 2 is 2.00 bits per heavy atom. The summed E-state index contributed by atoms with van der Waals surface area (Å²) in [6.45, 7) is 0.810. The van der Waals surface area contributed by atoms with Gasteiger partial charge in [-0.15, -0.1) is 0 Å². The minimum Gasteiger partial charge on any atom is -0.493 e. The molecule has 1 aliphatic rings. The van der Waals surface area contributed by atoms with E-state index in [1.807, 2.05) is 24.3 Å². The fourth-order valence-electron chi connectivity index (χ4n) is 2.51. The summed E-state index contributed by atoms with van der Waals surface area (Å²) >= 11 is 0. The molecule has 1 aliphatic heterocycles. The van der Waals surface area contributed by atoms with Gasteiger partial charge in [0.15, 0.2) is 5.65 Å². The fourth-order valence-corrected chi connectivity index (χ4v) is 2.51. The van der Waals surface area contributed by atoms with Crippen molar-refractivity contribution in [2.75, 3.05) is 11.9 Å². The fraction of sp³-hybridized carbons (Fsp3) is 0.188. The molecule has 0 unspecified atom stereocenters. The van der Waals surface area contributed by atoms with Crippen LogP contribution in [0.25, 0.3) is 11.2 Å². The van der Waals surface area contributed by atoms with Gasteiger partial charge in [0, 0.05) is 18.1 Å². The zero-order valence-corrected chi connectivity index (χ0v) is 11.4. The number of anilines is 2. The van der Waals surface area contributed by atoms with E-state index in [1.54, 1.807) is 12.4 Å². The van der Waals surface area contributed by atoms with E-state index in [-0.39, 0.29) is 0 Å². The first-order chi connectivity index (χ1) is 10.4. The summed E-state index contributed by atoms with van der Waals surface area (Å²) in [6, 6.07) is 9.97. The van der Waals surface area contributed by atoms with Crippen LogP contribution in [0, 0.1) is 0 Å². The molecule has 2 aromatic heterocycles. The summed E-state index contributed by atoms with van der Waals surface area (Å²) in [7, 11) is 0. The van der Waals surface area contributed by atoms with Crippen LogP contribution in [-0.4, -0.2) is 21.6 Å². The monoisotopic (exact) mass is 278 g/mol. The highest BCUT2D eigenvalue weighted by atomic mass is 16.5. The Balaban J connectivity index is 1.64. The molecule has 0 saturated carbocycles. The van der Waals surface area contributed by atoms with Crippen molar-refractivity contribution in [1.82, 2.24) is 15.0 Å². The first-order valence-electron chi connectivity index (χ1n) is 6.99. The Kier molecular flexibility index (Phi) is 2.88. The second kappa shape index (κ2) is 5.01. The molecule has 0 bridgehead atoms. The SMILES string of the molecule is c1cnc2nc(Nc3ccc4c(c3)CCCO4)ccc2n1. The lowest BCUT2D eigenvalue weighted by Crippen LogP contribution is -2.08. The standard InChI is InChI=1S/C16H14N4O/c1-2-11-10-12(3-5-14(11)21-9-1)19-15-6-4-13-16(20-15)18-8-7-17-13/h3-8,10H,1-2,9H2,(H,18,19,20). The number of aryl methyl sites for hydroxylation is 1. The maximum atomic E-state index is 5.62. The van der Waals surface area contributed by atoms with E-state index in [4.69, 9.17) is 4.74 Å². The van der Waals surface area contributed by atoms with Crippen molar-refractivity contribution in [3.05, 3.63) is 48.3 Å². The maximum Gasteiger partial charge on any atom is 0.180 e. The third-order valence-electron chi connectivity index (χ3n) is 3.51. The molecule has 21 heavy (non-hydrogen) atoms. The average molecular weight is 278 g/mol. The van der Waals surface area contributed by atoms with Crippen molar-refractivity contribution < 1.29 is 4.74 Å². The van der Waals surface area contributed by atoms with Gasteiger partial charge in [-0.2, -0.15) is 0 Å². The molecular formula is C16H14N4O. The molecule has 3 aromatic rings. The number of benzene rings is 1. The Hall–Kier alpha value is -2.69. The Bertz CT molecular complexity index is 803. The van der Waals surface area contributed by atoms with Crippen molar-refractivity contribution in [2.24, 2.45) is 0 Å². The molecule has 0 aliphatic carbocycles. The molecular weight excluding hydrogens is 264 g/mol. The van der Waals surface area contributed by atoms with Gasteiger partial charge < -0.3 is 10.1 Å². The van der Waals surface area contributed by atoms with Crippen LogP contribution in [0.1, 0.15) is 12.0 Å². The van der Waals surface area contributed by atoms with Crippen molar-refractivity contribution in [2.45, 2.75) is 12.8 Å². The van der Waals surface area contributed by atoms with Crippen LogP contribution < -0.4 is 10.1 Å². The molecule has 0 atom stereocenters. The molecule has 5 nitrogen and oxygen atoms in total. The first-order valence-corrected chi connectivity index (χ1v) is 6.99. The van der Waals surface area contributed by atoms with Gasteiger partial charge in [-0.3, -0.25) is 4.98 Å². The van der Waals surface area contributed by atoms with Crippen LogP contribution in [0.5, 0.6) is 5.75 Å². The van der Waals surface area contributed by atoms with Crippen molar-refractivity contribution in [1.29, 1.82) is 0 Å². The lowest BCUT2D eigenvalue weighted by atomic mass is 10.1. The normalized spacial score (nSPS) is 13.5. The topological polar surface area (TPSA) is 59.9 Å². The van der Waals surface area contributed by atoms with Crippen LogP contribution in [0.15, 0.2) is 42.7 Å². The van der Waals surface area contributed by atoms with Gasteiger partial charge in [-0.05, 0) is 48.7 Å². The molecule has 3 heterocycles. The molecule has 1 N–H and O–H groups in total. The molecule has 5 heteroatoms. The number of hydrogen-bond acceptors (Lipinski definition) is 5. The number of hydrogen-bond donors (Lipinski definition) is 1. The number of fused-ring (bicyclic) bond motifs is 2. The largest absolute Gasteiger partial charge is 0.493 e. The van der Waals surface area contributed by atoms with E-state index >= 15 is 0 Å². The van der Waals surface area contributed by atoms with Gasteiger partial charge in [-0.25, -0.2) is 9.97 Å². The lowest BCUT2D eigenvalue weighted by Gasteiger charge is -2.18. The first kappa shape index (κ1) is 12.1. The van der Waals surface area contributed by atoms with Crippen LogP contribution in [-0.2, 0) is 6.42 Å². The summed E-state index contributed by atoms with van der Waals surface area (Å²) in [6.07, 6.45) is 5.44. The van der Waals surface area contributed by atoms with Crippen molar-refractivity contribution >= 4 is 22.7 Å². The molecule has 0 amide bonds. The van der Waals surface area contributed by atoms with Crippen molar-refractivity contribution in [3.8, 4) is 5.75 Å². The Morgan fingerprint density at radius 1 is 1.05 bits per heavy atom. The van der Waals surface area contributed by atoms with E-state index < -0.39 is 0 Å². The van der Waals surface area contributed by atoms with Crippen LogP contribution >= 0.6 is 0 Å². The Labute approximate surface area is 122 Å². The quantitative estimate of drug-likeness (QED) is 0.780. The third kappa shape index (κ3) is 2.38. The van der Waals surface area contributed by atoms with Crippen LogP contribution in [0.2, 0.25) is 0 Å². The second-order valence-electron chi connectivity index (χ2n) is 5.00. The summed E-state index contributed by atoms with van der Waals surface area (Å²) in [4.78, 5) is 12.9. The van der Waals surface area contributed by atoms with Gasteiger partial charge >= 0.3 is 0 Å². The smallest absolute Gasteiger partial charge is 0.180 e. The number of aromatic nitrogens is 3. The van der Waals surface area contributed by atoms with E-state index in [0.29, 0.717) is 5.65 Å². The Morgan fingerprint density at radius 3 is 3.00 bits per heavy atom. The number of rotatable bonds is 2. The molecule has 104 valence electrons. The van der Waals surface area contributed by atoms with Gasteiger partial charge in [0.25, 0.3) is 0 Å². The highest BCUT2D eigenvalue weighted by molar-refractivity contribution is 5.73. The second-order valence-corrected chi connectivity index (χ2v) is 5.00. The van der Waals surface area contributed by atoms with Gasteiger partial charge in [-0.1, -0.05) is 0 Å². The number of nitrogens with one attached hydrogen (secondary N) is 1. The summed E-state index contributed by atoms with van der Waals surface area (Å²) in [5.74, 6) is 1.75. The van der Waals surface area contributed by atoms with E-state index in [2.05, 4.69) is 26.3 Å². The van der Waals surface area contributed by atoms with E-state index in [1.165, 1.54) is 5.56 Å². The number of nitrogens with zero attached hydrogens (tertiary/aromatic N) is 3. The van der Waals surface area contributed by atoms with Crippen molar-refractivity contribution in [3.63, 3.8) is 0 Å². The van der Waals surface area contributed by atoms with Gasteiger partial charge in [0.2, 0.25) is 0 Å². The van der Waals surface area contributed by atoms with E-state index in [0.717, 1.165) is 42.2 Å². The average Bonchev–Trinajstić information content (AvgIpc) is 2.55.